The molecule has 3 fully saturated rings. The van der Waals surface area contributed by atoms with Crippen LogP contribution in [0, 0.1) is 5.92 Å². The first-order chi connectivity index (χ1) is 19.3. The highest BCUT2D eigenvalue weighted by molar-refractivity contribution is 7.89. The Balaban J connectivity index is 1.31. The van der Waals surface area contributed by atoms with Crippen LogP contribution in [0.15, 0.2) is 53.4 Å². The van der Waals surface area contributed by atoms with Crippen molar-refractivity contribution < 1.29 is 22.7 Å². The molecule has 2 N–H and O–H groups in total. The van der Waals surface area contributed by atoms with Gasteiger partial charge in [-0.3, -0.25) is 4.79 Å². The summed E-state index contributed by atoms with van der Waals surface area (Å²) in [6, 6.07) is 12.9. The Hall–Kier alpha value is -2.33. The zero-order chi connectivity index (χ0) is 28.1. The molecule has 2 aromatic carbocycles. The molecular formula is C30H40ClN3O5S. The SMILES string of the molecule is NC1CCN(C(=O)[C@@H]2C[C@@H](Oc3ccc(Cl)cc3)CCN2S(=O)(=O)c2ccc(OCC3CCCCC3)cc2)CC1. The molecule has 2 aromatic rings. The number of amides is 1. The van der Waals surface area contributed by atoms with Gasteiger partial charge >= 0.3 is 0 Å². The van der Waals surface area contributed by atoms with Crippen LogP contribution >= 0.6 is 11.6 Å². The van der Waals surface area contributed by atoms with Crippen molar-refractivity contribution in [2.45, 2.75) is 80.9 Å². The van der Waals surface area contributed by atoms with Gasteiger partial charge in [-0.05, 0) is 86.6 Å². The fourth-order valence-electron chi connectivity index (χ4n) is 5.98. The van der Waals surface area contributed by atoms with Crippen molar-refractivity contribution in [1.29, 1.82) is 0 Å². The second kappa shape index (κ2) is 13.1. The Morgan fingerprint density at radius 1 is 0.875 bits per heavy atom. The number of carbonyl (C=O) groups excluding carboxylic acids is 1. The van der Waals surface area contributed by atoms with Crippen LogP contribution < -0.4 is 15.2 Å². The van der Waals surface area contributed by atoms with Crippen LogP contribution in [0.2, 0.25) is 5.02 Å². The van der Waals surface area contributed by atoms with Gasteiger partial charge in [0.05, 0.1) is 11.5 Å². The third-order valence-corrected chi connectivity index (χ3v) is 10.6. The van der Waals surface area contributed by atoms with Crippen molar-refractivity contribution in [2.75, 3.05) is 26.2 Å². The van der Waals surface area contributed by atoms with E-state index >= 15 is 0 Å². The summed E-state index contributed by atoms with van der Waals surface area (Å²) in [4.78, 5) is 15.7. The summed E-state index contributed by atoms with van der Waals surface area (Å²) in [6.07, 6.45) is 8.01. The van der Waals surface area contributed by atoms with Crippen LogP contribution in [-0.4, -0.2) is 68.0 Å². The van der Waals surface area contributed by atoms with Gasteiger partial charge in [-0.15, -0.1) is 0 Å². The van der Waals surface area contributed by atoms with Gasteiger partial charge in [0, 0.05) is 37.1 Å². The molecule has 0 aromatic heterocycles. The first-order valence-electron chi connectivity index (χ1n) is 14.5. The number of hydrogen-bond acceptors (Lipinski definition) is 6. The zero-order valence-corrected chi connectivity index (χ0v) is 24.5. The maximum Gasteiger partial charge on any atom is 0.243 e. The normalized spacial score (nSPS) is 23.6. The molecule has 2 saturated heterocycles. The van der Waals surface area contributed by atoms with Gasteiger partial charge in [-0.2, -0.15) is 4.31 Å². The van der Waals surface area contributed by atoms with Gasteiger partial charge in [0.1, 0.15) is 23.6 Å². The molecular weight excluding hydrogens is 550 g/mol. The molecule has 8 nitrogen and oxygen atoms in total. The van der Waals surface area contributed by atoms with E-state index in [9.17, 15) is 13.2 Å². The van der Waals surface area contributed by atoms with E-state index in [-0.39, 0.29) is 35.9 Å². The first-order valence-corrected chi connectivity index (χ1v) is 16.3. The number of halogens is 1. The van der Waals surface area contributed by atoms with E-state index in [2.05, 4.69) is 0 Å². The number of benzene rings is 2. The van der Waals surface area contributed by atoms with Gasteiger partial charge in [-0.1, -0.05) is 30.9 Å². The highest BCUT2D eigenvalue weighted by Gasteiger charge is 2.43. The lowest BCUT2D eigenvalue weighted by Gasteiger charge is -2.41. The molecule has 0 radical (unpaired) electrons. The molecule has 0 unspecified atom stereocenters. The van der Waals surface area contributed by atoms with E-state index in [1.165, 1.54) is 36.4 Å². The minimum Gasteiger partial charge on any atom is -0.493 e. The molecule has 2 atom stereocenters. The Labute approximate surface area is 242 Å². The van der Waals surface area contributed by atoms with Gasteiger partial charge in [0.15, 0.2) is 0 Å². The van der Waals surface area contributed by atoms with E-state index < -0.39 is 16.1 Å². The summed E-state index contributed by atoms with van der Waals surface area (Å²) in [5, 5.41) is 0.607. The smallest absolute Gasteiger partial charge is 0.243 e. The van der Waals surface area contributed by atoms with Crippen LogP contribution in [0.3, 0.4) is 0 Å². The molecule has 218 valence electrons. The summed E-state index contributed by atoms with van der Waals surface area (Å²) in [6.45, 7) is 1.90. The van der Waals surface area contributed by atoms with E-state index in [1.54, 1.807) is 53.4 Å². The predicted octanol–water partition coefficient (Wildman–Crippen LogP) is 4.85. The zero-order valence-electron chi connectivity index (χ0n) is 22.9. The summed E-state index contributed by atoms with van der Waals surface area (Å²) in [7, 11) is -3.93. The lowest BCUT2D eigenvalue weighted by atomic mass is 9.90. The molecule has 1 aliphatic carbocycles. The summed E-state index contributed by atoms with van der Waals surface area (Å²) in [5.41, 5.74) is 6.06. The maximum absolute atomic E-state index is 13.9. The standard InChI is InChI=1S/C30H40ClN3O5S/c31-23-6-8-26(9-7-23)39-27-16-19-34(29(20-27)30(35)33-17-14-24(32)15-18-33)40(36,37)28-12-10-25(11-13-28)38-21-22-4-2-1-3-5-22/h6-13,22,24,27,29H,1-5,14-21,32H2/t27-,29-/m0/s1. The maximum atomic E-state index is 13.9. The lowest BCUT2D eigenvalue weighted by molar-refractivity contribution is -0.138. The van der Waals surface area contributed by atoms with Gasteiger partial charge in [0.2, 0.25) is 15.9 Å². The van der Waals surface area contributed by atoms with Crippen LogP contribution in [0.4, 0.5) is 0 Å². The van der Waals surface area contributed by atoms with Gasteiger partial charge in [0.25, 0.3) is 0 Å². The fraction of sp³-hybridized carbons (Fsp3) is 0.567. The molecule has 1 saturated carbocycles. The molecule has 0 spiro atoms. The largest absolute Gasteiger partial charge is 0.493 e. The second-order valence-electron chi connectivity index (χ2n) is 11.3. The Morgan fingerprint density at radius 3 is 2.20 bits per heavy atom. The van der Waals surface area contributed by atoms with Gasteiger partial charge < -0.3 is 20.1 Å². The third kappa shape index (κ3) is 7.11. The molecule has 2 aliphatic heterocycles. The lowest BCUT2D eigenvalue weighted by Crippen LogP contribution is -2.57. The molecule has 10 heteroatoms. The number of nitrogens with zero attached hydrogens (tertiary/aromatic N) is 2. The highest BCUT2D eigenvalue weighted by atomic mass is 35.5. The minimum absolute atomic E-state index is 0.0649. The number of rotatable bonds is 8. The minimum atomic E-state index is -3.93. The third-order valence-electron chi connectivity index (χ3n) is 8.40. The topological polar surface area (TPSA) is 102 Å². The highest BCUT2D eigenvalue weighted by Crippen LogP contribution is 2.31. The predicted molar refractivity (Wildman–Crippen MR) is 155 cm³/mol. The number of nitrogens with two attached hydrogens (primary N) is 1. The number of ether oxygens (including phenoxy) is 2. The quantitative estimate of drug-likeness (QED) is 0.472. The molecule has 5 rings (SSSR count). The molecule has 1 amide bonds. The van der Waals surface area contributed by atoms with E-state index in [4.69, 9.17) is 26.8 Å². The van der Waals surface area contributed by atoms with Crippen molar-refractivity contribution in [2.24, 2.45) is 11.7 Å². The van der Waals surface area contributed by atoms with E-state index in [0.29, 0.717) is 61.4 Å². The van der Waals surface area contributed by atoms with Crippen LogP contribution in [0.25, 0.3) is 0 Å². The van der Waals surface area contributed by atoms with Crippen LogP contribution in [0.5, 0.6) is 11.5 Å². The van der Waals surface area contributed by atoms with E-state index in [1.807, 2.05) is 0 Å². The fourth-order valence-corrected chi connectivity index (χ4v) is 7.71. The van der Waals surface area contributed by atoms with Crippen LogP contribution in [0.1, 0.15) is 57.8 Å². The Morgan fingerprint density at radius 2 is 1.52 bits per heavy atom. The van der Waals surface area contributed by atoms with Gasteiger partial charge in [-0.25, -0.2) is 8.42 Å². The van der Waals surface area contributed by atoms with Crippen LogP contribution in [-0.2, 0) is 14.8 Å². The molecule has 40 heavy (non-hydrogen) atoms. The van der Waals surface area contributed by atoms with Crippen molar-refractivity contribution in [3.05, 3.63) is 53.6 Å². The summed E-state index contributed by atoms with van der Waals surface area (Å²) in [5.74, 6) is 1.68. The van der Waals surface area contributed by atoms with Crippen molar-refractivity contribution >= 4 is 27.5 Å². The number of hydrogen-bond donors (Lipinski definition) is 1. The monoisotopic (exact) mass is 589 g/mol. The number of likely N-dealkylation sites (tertiary alicyclic amines) is 1. The Bertz CT molecular complexity index is 1230. The average molecular weight is 590 g/mol. The Kier molecular flexibility index (Phi) is 9.56. The number of sulfonamides is 1. The average Bonchev–Trinajstić information content (AvgIpc) is 2.98. The number of carbonyl (C=O) groups is 1. The summed E-state index contributed by atoms with van der Waals surface area (Å²) >= 11 is 6.01. The molecule has 2 heterocycles. The number of piperidine rings is 2. The van der Waals surface area contributed by atoms with Crippen molar-refractivity contribution in [1.82, 2.24) is 9.21 Å². The first kappa shape index (κ1) is 29.2. The van der Waals surface area contributed by atoms with Crippen molar-refractivity contribution in [3.8, 4) is 11.5 Å². The molecule has 0 bridgehead atoms. The molecule has 3 aliphatic rings. The second-order valence-corrected chi connectivity index (χ2v) is 13.6. The van der Waals surface area contributed by atoms with E-state index in [0.717, 1.165) is 0 Å². The summed E-state index contributed by atoms with van der Waals surface area (Å²) < 4.78 is 41.3. The van der Waals surface area contributed by atoms with Crippen molar-refractivity contribution in [3.63, 3.8) is 0 Å².